The van der Waals surface area contributed by atoms with Crippen LogP contribution in [-0.2, 0) is 0 Å². The molecule has 1 spiro atoms. The Labute approximate surface area is 108 Å². The second-order valence-corrected chi connectivity index (χ2v) is 6.15. The molecular formula is C14H24F3N. The Morgan fingerprint density at radius 2 is 1.61 bits per heavy atom. The van der Waals surface area contributed by atoms with Gasteiger partial charge in [-0.15, -0.1) is 0 Å². The smallest absolute Gasteiger partial charge is 0.314 e. The van der Waals surface area contributed by atoms with Gasteiger partial charge in [-0.3, -0.25) is 0 Å². The average Bonchev–Trinajstić information content (AvgIpc) is 2.75. The SMILES string of the molecule is FC(F)(F)CCCNC1CCC2(CCCC2)CC1. The summed E-state index contributed by atoms with van der Waals surface area (Å²) in [6, 6.07) is 0.462. The highest BCUT2D eigenvalue weighted by Crippen LogP contribution is 2.48. The van der Waals surface area contributed by atoms with Crippen molar-refractivity contribution in [2.75, 3.05) is 6.54 Å². The van der Waals surface area contributed by atoms with Gasteiger partial charge in [0.05, 0.1) is 0 Å². The molecule has 2 saturated carbocycles. The van der Waals surface area contributed by atoms with Crippen LogP contribution in [0, 0.1) is 5.41 Å². The molecule has 0 bridgehead atoms. The zero-order valence-electron chi connectivity index (χ0n) is 11.0. The van der Waals surface area contributed by atoms with E-state index >= 15 is 0 Å². The van der Waals surface area contributed by atoms with Gasteiger partial charge in [0, 0.05) is 12.5 Å². The van der Waals surface area contributed by atoms with Gasteiger partial charge in [-0.25, -0.2) is 0 Å². The minimum Gasteiger partial charge on any atom is -0.314 e. The maximum absolute atomic E-state index is 12.0. The summed E-state index contributed by atoms with van der Waals surface area (Å²) in [6.07, 6.45) is 5.96. The molecule has 0 heterocycles. The second kappa shape index (κ2) is 5.81. The molecule has 1 nitrogen and oxygen atoms in total. The number of nitrogens with one attached hydrogen (secondary N) is 1. The van der Waals surface area contributed by atoms with Gasteiger partial charge in [0.25, 0.3) is 0 Å². The third-order valence-electron chi connectivity index (χ3n) is 4.78. The van der Waals surface area contributed by atoms with Crippen molar-refractivity contribution in [1.82, 2.24) is 5.32 Å². The van der Waals surface area contributed by atoms with Crippen molar-refractivity contribution in [2.24, 2.45) is 5.41 Å². The first-order valence-corrected chi connectivity index (χ1v) is 7.29. The van der Waals surface area contributed by atoms with Crippen LogP contribution in [0.3, 0.4) is 0 Å². The zero-order valence-corrected chi connectivity index (χ0v) is 11.0. The van der Waals surface area contributed by atoms with E-state index in [1.165, 1.54) is 38.5 Å². The molecule has 0 aromatic carbocycles. The van der Waals surface area contributed by atoms with Crippen LogP contribution < -0.4 is 5.32 Å². The van der Waals surface area contributed by atoms with Crippen molar-refractivity contribution in [3.05, 3.63) is 0 Å². The standard InChI is InChI=1S/C14H24F3N/c15-14(16,17)8-3-11-18-12-4-9-13(10-5-12)6-1-2-7-13/h12,18H,1-11H2. The molecule has 18 heavy (non-hydrogen) atoms. The minimum absolute atomic E-state index is 0.213. The molecule has 0 radical (unpaired) electrons. The lowest BCUT2D eigenvalue weighted by Gasteiger charge is -2.37. The Morgan fingerprint density at radius 3 is 2.17 bits per heavy atom. The summed E-state index contributed by atoms with van der Waals surface area (Å²) in [6.45, 7) is 0.511. The normalized spacial score (nSPS) is 24.8. The molecule has 2 rings (SSSR count). The molecule has 0 atom stereocenters. The van der Waals surface area contributed by atoms with Crippen LogP contribution >= 0.6 is 0 Å². The first-order chi connectivity index (χ1) is 8.49. The summed E-state index contributed by atoms with van der Waals surface area (Å²) < 4.78 is 36.0. The Bertz CT molecular complexity index is 246. The van der Waals surface area contributed by atoms with Gasteiger partial charge in [-0.1, -0.05) is 12.8 Å². The van der Waals surface area contributed by atoms with Gasteiger partial charge in [0.15, 0.2) is 0 Å². The maximum atomic E-state index is 12.0. The van der Waals surface area contributed by atoms with Crippen LogP contribution in [-0.4, -0.2) is 18.8 Å². The van der Waals surface area contributed by atoms with E-state index < -0.39 is 12.6 Å². The summed E-state index contributed by atoms with van der Waals surface area (Å²) >= 11 is 0. The number of hydrogen-bond donors (Lipinski definition) is 1. The van der Waals surface area contributed by atoms with E-state index in [0.717, 1.165) is 12.8 Å². The highest BCUT2D eigenvalue weighted by Gasteiger charge is 2.37. The lowest BCUT2D eigenvalue weighted by atomic mass is 9.71. The molecule has 2 fully saturated rings. The van der Waals surface area contributed by atoms with E-state index in [-0.39, 0.29) is 6.42 Å². The summed E-state index contributed by atoms with van der Waals surface area (Å²) in [7, 11) is 0. The average molecular weight is 263 g/mol. The lowest BCUT2D eigenvalue weighted by molar-refractivity contribution is -0.135. The fourth-order valence-corrected chi connectivity index (χ4v) is 3.65. The van der Waals surface area contributed by atoms with Gasteiger partial charge >= 0.3 is 6.18 Å². The van der Waals surface area contributed by atoms with Crippen LogP contribution in [0.1, 0.15) is 64.2 Å². The van der Waals surface area contributed by atoms with Crippen LogP contribution in [0.5, 0.6) is 0 Å². The molecule has 0 saturated heterocycles. The van der Waals surface area contributed by atoms with E-state index in [2.05, 4.69) is 5.32 Å². The third-order valence-corrected chi connectivity index (χ3v) is 4.78. The van der Waals surface area contributed by atoms with Gasteiger partial charge in [0.1, 0.15) is 0 Å². The molecular weight excluding hydrogens is 239 g/mol. The van der Waals surface area contributed by atoms with Crippen molar-refractivity contribution in [2.45, 2.75) is 76.4 Å². The molecule has 0 aromatic rings. The van der Waals surface area contributed by atoms with E-state index in [4.69, 9.17) is 0 Å². The largest absolute Gasteiger partial charge is 0.389 e. The molecule has 0 unspecified atom stereocenters. The summed E-state index contributed by atoms with van der Waals surface area (Å²) in [5.41, 5.74) is 0.615. The fraction of sp³-hybridized carbons (Fsp3) is 1.00. The summed E-state index contributed by atoms with van der Waals surface area (Å²) in [4.78, 5) is 0. The highest BCUT2D eigenvalue weighted by molar-refractivity contribution is 4.91. The van der Waals surface area contributed by atoms with Gasteiger partial charge in [0.2, 0.25) is 0 Å². The maximum Gasteiger partial charge on any atom is 0.389 e. The highest BCUT2D eigenvalue weighted by atomic mass is 19.4. The molecule has 1 N–H and O–H groups in total. The molecule has 106 valence electrons. The topological polar surface area (TPSA) is 12.0 Å². The number of rotatable bonds is 4. The molecule has 0 aromatic heterocycles. The molecule has 2 aliphatic rings. The van der Waals surface area contributed by atoms with Gasteiger partial charge in [-0.05, 0) is 56.9 Å². The predicted octanol–water partition coefficient (Wildman–Crippen LogP) is 4.42. The Kier molecular flexibility index (Phi) is 4.57. The first-order valence-electron chi connectivity index (χ1n) is 7.29. The van der Waals surface area contributed by atoms with Crippen LogP contribution in [0.2, 0.25) is 0 Å². The summed E-state index contributed by atoms with van der Waals surface area (Å²) in [5.74, 6) is 0. The van der Waals surface area contributed by atoms with Gasteiger partial charge < -0.3 is 5.32 Å². The monoisotopic (exact) mass is 263 g/mol. The quantitative estimate of drug-likeness (QED) is 0.740. The summed E-state index contributed by atoms with van der Waals surface area (Å²) in [5, 5.41) is 3.30. The Morgan fingerprint density at radius 1 is 1.00 bits per heavy atom. The van der Waals surface area contributed by atoms with Crippen LogP contribution in [0.25, 0.3) is 0 Å². The molecule has 4 heteroatoms. The second-order valence-electron chi connectivity index (χ2n) is 6.15. The van der Waals surface area contributed by atoms with Crippen molar-refractivity contribution in [1.29, 1.82) is 0 Å². The van der Waals surface area contributed by atoms with Crippen molar-refractivity contribution in [3.63, 3.8) is 0 Å². The van der Waals surface area contributed by atoms with E-state index in [0.29, 0.717) is 18.0 Å². The van der Waals surface area contributed by atoms with Crippen molar-refractivity contribution in [3.8, 4) is 0 Å². The van der Waals surface area contributed by atoms with E-state index in [1.54, 1.807) is 0 Å². The Balaban J connectivity index is 1.59. The van der Waals surface area contributed by atoms with Crippen LogP contribution in [0.15, 0.2) is 0 Å². The molecule has 2 aliphatic carbocycles. The number of halogens is 3. The van der Waals surface area contributed by atoms with Crippen molar-refractivity contribution < 1.29 is 13.2 Å². The first kappa shape index (κ1) is 14.2. The minimum atomic E-state index is -4.00. The third kappa shape index (κ3) is 4.15. The fourth-order valence-electron chi connectivity index (χ4n) is 3.65. The zero-order chi connectivity index (χ0) is 13.1. The van der Waals surface area contributed by atoms with Crippen LogP contribution in [0.4, 0.5) is 13.2 Å². The van der Waals surface area contributed by atoms with E-state index in [1.807, 2.05) is 0 Å². The Hall–Kier alpha value is -0.250. The predicted molar refractivity (Wildman–Crippen MR) is 66.4 cm³/mol. The number of alkyl halides is 3. The van der Waals surface area contributed by atoms with E-state index in [9.17, 15) is 13.2 Å². The number of hydrogen-bond acceptors (Lipinski definition) is 1. The van der Waals surface area contributed by atoms with Gasteiger partial charge in [-0.2, -0.15) is 13.2 Å². The van der Waals surface area contributed by atoms with Crippen molar-refractivity contribution >= 4 is 0 Å². The lowest BCUT2D eigenvalue weighted by Crippen LogP contribution is -2.37. The molecule has 0 aliphatic heterocycles. The molecule has 0 amide bonds.